The molecule has 4 nitrogen and oxygen atoms in total. The number of fused-ring (bicyclic) bond motifs is 1. The van der Waals surface area contributed by atoms with Gasteiger partial charge in [0.1, 0.15) is 11.6 Å². The summed E-state index contributed by atoms with van der Waals surface area (Å²) < 4.78 is 4.87. The first-order valence-corrected chi connectivity index (χ1v) is 8.55. The number of carbonyl (C=O) groups is 2. The van der Waals surface area contributed by atoms with Gasteiger partial charge in [0.15, 0.2) is 5.78 Å². The van der Waals surface area contributed by atoms with E-state index in [4.69, 9.17) is 4.74 Å². The number of ether oxygens (including phenoxy) is 1. The van der Waals surface area contributed by atoms with Crippen molar-refractivity contribution < 1.29 is 14.3 Å². The van der Waals surface area contributed by atoms with Crippen molar-refractivity contribution in [2.24, 2.45) is 0 Å². The number of ketones is 1. The summed E-state index contributed by atoms with van der Waals surface area (Å²) in [6, 6.07) is 9.23. The number of carbonyl (C=O) groups excluding carboxylic acids is 2. The lowest BCUT2D eigenvalue weighted by atomic mass is 9.92. The molecular formula is C18H19NO3S. The van der Waals surface area contributed by atoms with E-state index in [2.05, 4.69) is 5.32 Å². The van der Waals surface area contributed by atoms with Crippen molar-refractivity contribution >= 4 is 28.0 Å². The van der Waals surface area contributed by atoms with Gasteiger partial charge < -0.3 is 10.1 Å². The summed E-state index contributed by atoms with van der Waals surface area (Å²) in [5.41, 5.74) is 2.43. The molecule has 3 rings (SSSR count). The molecule has 0 bridgehead atoms. The average Bonchev–Trinajstić information content (AvgIpc) is 2.93. The Bertz CT molecular complexity index is 721. The van der Waals surface area contributed by atoms with Crippen LogP contribution < -0.4 is 5.32 Å². The fourth-order valence-corrected chi connectivity index (χ4v) is 4.22. The molecule has 1 N–H and O–H groups in total. The zero-order valence-electron chi connectivity index (χ0n) is 13.1. The first-order valence-electron chi connectivity index (χ1n) is 7.73. The zero-order chi connectivity index (χ0) is 16.2. The van der Waals surface area contributed by atoms with E-state index in [1.165, 1.54) is 23.3 Å². The molecule has 2 aromatic rings. The van der Waals surface area contributed by atoms with Crippen LogP contribution in [0.5, 0.6) is 0 Å². The molecule has 5 heteroatoms. The number of rotatable bonds is 5. The number of hydrogen-bond donors (Lipinski definition) is 1. The molecule has 1 heterocycles. The Morgan fingerprint density at radius 3 is 2.65 bits per heavy atom. The SMILES string of the molecule is COCC(=O)Nc1sc2c(c1C(=O)c1ccccc1)CCCC2. The highest BCUT2D eigenvalue weighted by molar-refractivity contribution is 7.17. The lowest BCUT2D eigenvalue weighted by molar-refractivity contribution is -0.119. The molecule has 0 radical (unpaired) electrons. The van der Waals surface area contributed by atoms with Crippen molar-refractivity contribution in [3.05, 3.63) is 51.9 Å². The Hall–Kier alpha value is -1.98. The first kappa shape index (κ1) is 15.9. The number of thiophene rings is 1. The summed E-state index contributed by atoms with van der Waals surface area (Å²) in [6.07, 6.45) is 4.11. The summed E-state index contributed by atoms with van der Waals surface area (Å²) >= 11 is 1.53. The van der Waals surface area contributed by atoms with Gasteiger partial charge in [-0.1, -0.05) is 30.3 Å². The molecule has 0 spiro atoms. The summed E-state index contributed by atoms with van der Waals surface area (Å²) in [4.78, 5) is 26.1. The number of anilines is 1. The van der Waals surface area contributed by atoms with Crippen LogP contribution in [0.4, 0.5) is 5.00 Å². The Labute approximate surface area is 139 Å². The summed E-state index contributed by atoms with van der Waals surface area (Å²) in [5, 5.41) is 3.51. The van der Waals surface area contributed by atoms with E-state index in [0.29, 0.717) is 16.1 Å². The van der Waals surface area contributed by atoms with Crippen LogP contribution in [0.1, 0.15) is 39.2 Å². The number of nitrogens with one attached hydrogen (secondary N) is 1. The van der Waals surface area contributed by atoms with Gasteiger partial charge in [-0.2, -0.15) is 0 Å². The number of hydrogen-bond acceptors (Lipinski definition) is 4. The van der Waals surface area contributed by atoms with Crippen LogP contribution in [0.15, 0.2) is 30.3 Å². The normalized spacial score (nSPS) is 13.4. The molecule has 1 aromatic heterocycles. The van der Waals surface area contributed by atoms with Gasteiger partial charge in [-0.25, -0.2) is 0 Å². The standard InChI is InChI=1S/C18H19NO3S/c1-22-11-15(20)19-18-16(13-9-5-6-10-14(13)23-18)17(21)12-7-3-2-4-8-12/h2-4,7-8H,5-6,9-11H2,1H3,(H,19,20). The lowest BCUT2D eigenvalue weighted by Crippen LogP contribution is -2.18. The Balaban J connectivity index is 2.01. The van der Waals surface area contributed by atoms with Gasteiger partial charge in [-0.15, -0.1) is 11.3 Å². The molecule has 120 valence electrons. The minimum absolute atomic E-state index is 0.0124. The van der Waals surface area contributed by atoms with E-state index in [0.717, 1.165) is 31.2 Å². The number of methoxy groups -OCH3 is 1. The van der Waals surface area contributed by atoms with E-state index in [9.17, 15) is 9.59 Å². The molecule has 1 aromatic carbocycles. The molecule has 0 saturated heterocycles. The highest BCUT2D eigenvalue weighted by Crippen LogP contribution is 2.39. The largest absolute Gasteiger partial charge is 0.375 e. The van der Waals surface area contributed by atoms with Gasteiger partial charge in [-0.05, 0) is 31.2 Å². The maximum Gasteiger partial charge on any atom is 0.250 e. The molecule has 0 aliphatic heterocycles. The third-order valence-corrected chi connectivity index (χ3v) is 5.17. The summed E-state index contributed by atoms with van der Waals surface area (Å²) in [7, 11) is 1.48. The highest BCUT2D eigenvalue weighted by Gasteiger charge is 2.26. The zero-order valence-corrected chi connectivity index (χ0v) is 13.9. The van der Waals surface area contributed by atoms with Crippen LogP contribution in [-0.2, 0) is 22.4 Å². The predicted molar refractivity (Wildman–Crippen MR) is 91.3 cm³/mol. The predicted octanol–water partition coefficient (Wildman–Crippen LogP) is 3.44. The van der Waals surface area contributed by atoms with E-state index < -0.39 is 0 Å². The molecule has 1 aliphatic carbocycles. The van der Waals surface area contributed by atoms with Crippen LogP contribution in [0.2, 0.25) is 0 Å². The number of benzene rings is 1. The van der Waals surface area contributed by atoms with E-state index >= 15 is 0 Å². The topological polar surface area (TPSA) is 55.4 Å². The van der Waals surface area contributed by atoms with Crippen molar-refractivity contribution in [3.63, 3.8) is 0 Å². The van der Waals surface area contributed by atoms with Gasteiger partial charge in [0, 0.05) is 17.6 Å². The second-order valence-electron chi connectivity index (χ2n) is 5.59. The van der Waals surface area contributed by atoms with Crippen molar-refractivity contribution in [3.8, 4) is 0 Å². The Morgan fingerprint density at radius 1 is 1.17 bits per heavy atom. The van der Waals surface area contributed by atoms with Crippen LogP contribution in [0.3, 0.4) is 0 Å². The van der Waals surface area contributed by atoms with Gasteiger partial charge in [0.25, 0.3) is 5.91 Å². The van der Waals surface area contributed by atoms with Crippen molar-refractivity contribution in [1.82, 2.24) is 0 Å². The smallest absolute Gasteiger partial charge is 0.250 e. The van der Waals surface area contributed by atoms with Crippen molar-refractivity contribution in [2.75, 3.05) is 19.0 Å². The molecule has 0 saturated carbocycles. The maximum absolute atomic E-state index is 13.0. The van der Waals surface area contributed by atoms with Crippen molar-refractivity contribution in [2.45, 2.75) is 25.7 Å². The molecule has 0 atom stereocenters. The van der Waals surface area contributed by atoms with E-state index in [1.54, 1.807) is 0 Å². The van der Waals surface area contributed by atoms with Crippen LogP contribution in [-0.4, -0.2) is 25.4 Å². The molecule has 0 unspecified atom stereocenters. The van der Waals surface area contributed by atoms with Crippen molar-refractivity contribution in [1.29, 1.82) is 0 Å². The molecule has 0 fully saturated rings. The summed E-state index contributed by atoms with van der Waals surface area (Å²) in [6.45, 7) is -0.0124. The first-order chi connectivity index (χ1) is 11.2. The van der Waals surface area contributed by atoms with E-state index in [-0.39, 0.29) is 18.3 Å². The fraction of sp³-hybridized carbons (Fsp3) is 0.333. The van der Waals surface area contributed by atoms with Gasteiger partial charge in [0.05, 0.1) is 5.56 Å². The average molecular weight is 329 g/mol. The van der Waals surface area contributed by atoms with Crippen LogP contribution in [0.25, 0.3) is 0 Å². The second kappa shape index (κ2) is 7.06. The number of aryl methyl sites for hydroxylation is 1. The van der Waals surface area contributed by atoms with Crippen LogP contribution >= 0.6 is 11.3 Å². The monoisotopic (exact) mass is 329 g/mol. The third-order valence-electron chi connectivity index (χ3n) is 3.96. The van der Waals surface area contributed by atoms with Gasteiger partial charge >= 0.3 is 0 Å². The molecule has 23 heavy (non-hydrogen) atoms. The highest BCUT2D eigenvalue weighted by atomic mass is 32.1. The molecular weight excluding hydrogens is 310 g/mol. The maximum atomic E-state index is 13.0. The van der Waals surface area contributed by atoms with Gasteiger partial charge in [-0.3, -0.25) is 9.59 Å². The number of amides is 1. The quantitative estimate of drug-likeness (QED) is 0.855. The third kappa shape index (κ3) is 3.35. The minimum atomic E-state index is -0.229. The fourth-order valence-electron chi connectivity index (χ4n) is 2.92. The van der Waals surface area contributed by atoms with Crippen LogP contribution in [0, 0.1) is 0 Å². The van der Waals surface area contributed by atoms with Gasteiger partial charge in [0.2, 0.25) is 0 Å². The Morgan fingerprint density at radius 2 is 1.91 bits per heavy atom. The summed E-state index contributed by atoms with van der Waals surface area (Å²) in [5.74, 6) is -0.245. The minimum Gasteiger partial charge on any atom is -0.375 e. The molecule has 1 aliphatic rings. The molecule has 1 amide bonds. The Kier molecular flexibility index (Phi) is 4.88. The second-order valence-corrected chi connectivity index (χ2v) is 6.70. The van der Waals surface area contributed by atoms with E-state index in [1.807, 2.05) is 30.3 Å². The lowest BCUT2D eigenvalue weighted by Gasteiger charge is -2.12.